The Hall–Kier alpha value is -0.880. The van der Waals surface area contributed by atoms with E-state index in [1.165, 1.54) is 6.08 Å². The minimum atomic E-state index is -0.502. The molecular weight excluding hydrogens is 342 g/mol. The van der Waals surface area contributed by atoms with Crippen molar-refractivity contribution < 1.29 is 9.66 Å². The Kier molecular flexibility index (Phi) is 4.95. The Labute approximate surface area is 110 Å². The van der Waals surface area contributed by atoms with E-state index < -0.39 is 4.92 Å². The third-order valence-corrected chi connectivity index (χ3v) is 2.88. The van der Waals surface area contributed by atoms with Gasteiger partial charge < -0.3 is 4.74 Å². The Morgan fingerprint density at radius 1 is 1.44 bits per heavy atom. The molecule has 0 heterocycles. The zero-order valence-corrected chi connectivity index (χ0v) is 11.6. The maximum absolute atomic E-state index is 10.2. The zero-order chi connectivity index (χ0) is 12.1. The van der Waals surface area contributed by atoms with Crippen molar-refractivity contribution in [2.45, 2.75) is 6.92 Å². The molecule has 0 unspecified atom stereocenters. The minimum Gasteiger partial charge on any atom is -0.492 e. The summed E-state index contributed by atoms with van der Waals surface area (Å²) in [7, 11) is 0. The summed E-state index contributed by atoms with van der Waals surface area (Å²) in [6.07, 6.45) is 2.32. The molecule has 0 aromatic heterocycles. The van der Waals surface area contributed by atoms with Gasteiger partial charge in [-0.25, -0.2) is 0 Å². The van der Waals surface area contributed by atoms with Crippen molar-refractivity contribution in [3.8, 4) is 5.75 Å². The molecule has 1 aromatic carbocycles. The molecule has 0 amide bonds. The first-order chi connectivity index (χ1) is 7.54. The highest BCUT2D eigenvalue weighted by Crippen LogP contribution is 2.35. The van der Waals surface area contributed by atoms with Crippen LogP contribution >= 0.6 is 31.9 Å². The highest BCUT2D eigenvalue weighted by molar-refractivity contribution is 9.11. The summed E-state index contributed by atoms with van der Waals surface area (Å²) in [6, 6.07) is 3.52. The van der Waals surface area contributed by atoms with Gasteiger partial charge in [0.15, 0.2) is 0 Å². The molecule has 86 valence electrons. The van der Waals surface area contributed by atoms with Crippen molar-refractivity contribution in [2.24, 2.45) is 0 Å². The average molecular weight is 351 g/mol. The van der Waals surface area contributed by atoms with Gasteiger partial charge in [0.1, 0.15) is 5.75 Å². The normalized spacial score (nSPS) is 10.7. The maximum Gasteiger partial charge on any atom is 0.235 e. The van der Waals surface area contributed by atoms with Gasteiger partial charge in [0, 0.05) is 6.08 Å². The lowest BCUT2D eigenvalue weighted by atomic mass is 10.2. The number of benzene rings is 1. The summed E-state index contributed by atoms with van der Waals surface area (Å²) in [5.41, 5.74) is 0.721. The molecule has 0 radical (unpaired) electrons. The number of ether oxygens (including phenoxy) is 1. The number of hydrogen-bond donors (Lipinski definition) is 0. The van der Waals surface area contributed by atoms with Crippen LogP contribution in [-0.4, -0.2) is 11.5 Å². The Bertz CT molecular complexity index is 409. The zero-order valence-electron chi connectivity index (χ0n) is 8.44. The lowest BCUT2D eigenvalue weighted by Gasteiger charge is -2.08. The second-order valence-electron chi connectivity index (χ2n) is 2.85. The summed E-state index contributed by atoms with van der Waals surface area (Å²) in [5, 5.41) is 10.2. The first-order valence-corrected chi connectivity index (χ1v) is 6.06. The van der Waals surface area contributed by atoms with Crippen LogP contribution in [0.2, 0.25) is 0 Å². The van der Waals surface area contributed by atoms with Crippen LogP contribution in [0, 0.1) is 10.1 Å². The molecule has 0 bridgehead atoms. The molecule has 0 aliphatic carbocycles. The Balaban J connectivity index is 3.04. The van der Waals surface area contributed by atoms with Gasteiger partial charge in [0.25, 0.3) is 0 Å². The summed E-state index contributed by atoms with van der Waals surface area (Å²) >= 11 is 6.69. The molecule has 0 aliphatic rings. The summed E-state index contributed by atoms with van der Waals surface area (Å²) in [6.45, 7) is 2.45. The SMILES string of the molecule is CCOc1c(Br)cc(C=C[N+](=O)[O-])cc1Br. The van der Waals surface area contributed by atoms with Crippen LogP contribution in [0.25, 0.3) is 6.08 Å². The summed E-state index contributed by atoms with van der Waals surface area (Å²) < 4.78 is 6.91. The first-order valence-electron chi connectivity index (χ1n) is 4.48. The second kappa shape index (κ2) is 6.00. The van der Waals surface area contributed by atoms with Crippen LogP contribution in [0.15, 0.2) is 27.3 Å². The lowest BCUT2D eigenvalue weighted by Crippen LogP contribution is -1.94. The standard InChI is InChI=1S/C10H9Br2NO3/c1-2-16-10-8(11)5-7(6-9(10)12)3-4-13(14)15/h3-6H,2H2,1H3. The van der Waals surface area contributed by atoms with Gasteiger partial charge in [0.05, 0.1) is 20.5 Å². The topological polar surface area (TPSA) is 52.4 Å². The van der Waals surface area contributed by atoms with Gasteiger partial charge in [-0.2, -0.15) is 0 Å². The predicted octanol–water partition coefficient (Wildman–Crippen LogP) is 3.86. The third-order valence-electron chi connectivity index (χ3n) is 1.70. The van der Waals surface area contributed by atoms with E-state index in [0.29, 0.717) is 12.4 Å². The molecule has 16 heavy (non-hydrogen) atoms. The van der Waals surface area contributed by atoms with Crippen LogP contribution in [0.5, 0.6) is 5.75 Å². The van der Waals surface area contributed by atoms with Crippen LogP contribution in [-0.2, 0) is 0 Å². The molecule has 0 atom stereocenters. The number of rotatable bonds is 4. The quantitative estimate of drug-likeness (QED) is 0.612. The molecule has 0 saturated carbocycles. The molecule has 1 aromatic rings. The van der Waals surface area contributed by atoms with E-state index in [4.69, 9.17) is 4.74 Å². The van der Waals surface area contributed by atoms with Gasteiger partial charge >= 0.3 is 0 Å². The highest BCUT2D eigenvalue weighted by atomic mass is 79.9. The smallest absolute Gasteiger partial charge is 0.235 e. The fourth-order valence-electron chi connectivity index (χ4n) is 1.10. The van der Waals surface area contributed by atoms with Crippen LogP contribution in [0.4, 0.5) is 0 Å². The van der Waals surface area contributed by atoms with Gasteiger partial charge in [-0.15, -0.1) is 0 Å². The fraction of sp³-hybridized carbons (Fsp3) is 0.200. The molecule has 1 rings (SSSR count). The molecule has 0 N–H and O–H groups in total. The van der Waals surface area contributed by atoms with Crippen molar-refractivity contribution in [1.29, 1.82) is 0 Å². The van der Waals surface area contributed by atoms with Crippen molar-refractivity contribution >= 4 is 37.9 Å². The van der Waals surface area contributed by atoms with E-state index in [1.54, 1.807) is 12.1 Å². The molecule has 0 spiro atoms. The highest BCUT2D eigenvalue weighted by Gasteiger charge is 2.07. The van der Waals surface area contributed by atoms with Crippen molar-refractivity contribution in [1.82, 2.24) is 0 Å². The first kappa shape index (κ1) is 13.2. The van der Waals surface area contributed by atoms with E-state index in [-0.39, 0.29) is 0 Å². The van der Waals surface area contributed by atoms with Gasteiger partial charge in [-0.05, 0) is 56.5 Å². The number of hydrogen-bond acceptors (Lipinski definition) is 3. The van der Waals surface area contributed by atoms with E-state index in [2.05, 4.69) is 31.9 Å². The van der Waals surface area contributed by atoms with Gasteiger partial charge in [0.2, 0.25) is 6.20 Å². The van der Waals surface area contributed by atoms with E-state index in [9.17, 15) is 10.1 Å². The van der Waals surface area contributed by atoms with Crippen LogP contribution < -0.4 is 4.74 Å². The Morgan fingerprint density at radius 3 is 2.44 bits per heavy atom. The van der Waals surface area contributed by atoms with E-state index >= 15 is 0 Å². The number of nitro groups is 1. The van der Waals surface area contributed by atoms with E-state index in [0.717, 1.165) is 20.7 Å². The third kappa shape index (κ3) is 3.61. The molecule has 0 fully saturated rings. The summed E-state index contributed by atoms with van der Waals surface area (Å²) in [5.74, 6) is 0.695. The molecule has 0 aliphatic heterocycles. The largest absolute Gasteiger partial charge is 0.492 e. The summed E-state index contributed by atoms with van der Waals surface area (Å²) in [4.78, 5) is 9.68. The number of nitrogens with zero attached hydrogens (tertiary/aromatic N) is 1. The van der Waals surface area contributed by atoms with Gasteiger partial charge in [-0.1, -0.05) is 0 Å². The second-order valence-corrected chi connectivity index (χ2v) is 4.56. The molecule has 0 saturated heterocycles. The van der Waals surface area contributed by atoms with Crippen molar-refractivity contribution in [3.63, 3.8) is 0 Å². The molecule has 6 heteroatoms. The number of halogens is 2. The molecule has 4 nitrogen and oxygen atoms in total. The van der Waals surface area contributed by atoms with E-state index in [1.807, 2.05) is 6.92 Å². The van der Waals surface area contributed by atoms with Crippen molar-refractivity contribution in [2.75, 3.05) is 6.61 Å². The van der Waals surface area contributed by atoms with Crippen molar-refractivity contribution in [3.05, 3.63) is 43.0 Å². The maximum atomic E-state index is 10.2. The minimum absolute atomic E-state index is 0.502. The fourth-order valence-corrected chi connectivity index (χ4v) is 2.56. The Morgan fingerprint density at radius 2 is 2.00 bits per heavy atom. The van der Waals surface area contributed by atoms with Crippen LogP contribution in [0.3, 0.4) is 0 Å². The van der Waals surface area contributed by atoms with Gasteiger partial charge in [-0.3, -0.25) is 10.1 Å². The lowest BCUT2D eigenvalue weighted by molar-refractivity contribution is -0.400. The predicted molar refractivity (Wildman–Crippen MR) is 69.0 cm³/mol. The van der Waals surface area contributed by atoms with Crippen LogP contribution in [0.1, 0.15) is 12.5 Å². The average Bonchev–Trinajstić information content (AvgIpc) is 2.20. The molecular formula is C10H9Br2NO3. The monoisotopic (exact) mass is 349 g/mol.